The van der Waals surface area contributed by atoms with Crippen molar-refractivity contribution >= 4 is 17.2 Å². The summed E-state index contributed by atoms with van der Waals surface area (Å²) >= 11 is 5.19. The minimum Gasteiger partial charge on any atom is -0.392 e. The Morgan fingerprint density at radius 2 is 2.12 bits per heavy atom. The average molecular weight is 243 g/mol. The van der Waals surface area contributed by atoms with Crippen LogP contribution in [0.15, 0.2) is 0 Å². The zero-order chi connectivity index (χ0) is 12.1. The van der Waals surface area contributed by atoms with Crippen LogP contribution < -0.4 is 5.73 Å². The van der Waals surface area contributed by atoms with Crippen molar-refractivity contribution < 1.29 is 0 Å². The molecule has 16 heavy (non-hydrogen) atoms. The number of likely N-dealkylation sites (N-methyl/N-ethyl adjacent to an activating group) is 1. The SMILES string of the molecule is CCC1CN(C)CCCN1C(CC)C(N)=S. The van der Waals surface area contributed by atoms with Crippen LogP contribution >= 0.6 is 12.2 Å². The lowest BCUT2D eigenvalue weighted by atomic mass is 10.1. The second-order valence-electron chi connectivity index (χ2n) is 4.74. The van der Waals surface area contributed by atoms with Gasteiger partial charge in [0, 0.05) is 19.1 Å². The Morgan fingerprint density at radius 3 is 2.62 bits per heavy atom. The molecule has 3 nitrogen and oxygen atoms in total. The lowest BCUT2D eigenvalue weighted by Crippen LogP contribution is -2.50. The number of nitrogens with two attached hydrogens (primary N) is 1. The molecule has 1 heterocycles. The van der Waals surface area contributed by atoms with Crippen LogP contribution in [0.2, 0.25) is 0 Å². The highest BCUT2D eigenvalue weighted by atomic mass is 32.1. The van der Waals surface area contributed by atoms with Crippen molar-refractivity contribution in [1.82, 2.24) is 9.80 Å². The van der Waals surface area contributed by atoms with Gasteiger partial charge in [-0.3, -0.25) is 4.90 Å². The van der Waals surface area contributed by atoms with Crippen molar-refractivity contribution in [3.8, 4) is 0 Å². The molecule has 0 radical (unpaired) electrons. The minimum atomic E-state index is 0.284. The summed E-state index contributed by atoms with van der Waals surface area (Å²) in [6.45, 7) is 7.86. The normalized spacial score (nSPS) is 26.3. The van der Waals surface area contributed by atoms with Crippen LogP contribution in [0.3, 0.4) is 0 Å². The Hall–Kier alpha value is -0.190. The van der Waals surface area contributed by atoms with Crippen LogP contribution in [0, 0.1) is 0 Å². The summed E-state index contributed by atoms with van der Waals surface area (Å²) in [5.41, 5.74) is 5.86. The predicted molar refractivity (Wildman–Crippen MR) is 73.8 cm³/mol. The molecular formula is C12H25N3S. The van der Waals surface area contributed by atoms with Gasteiger partial charge in [-0.25, -0.2) is 0 Å². The first-order valence-corrected chi connectivity index (χ1v) is 6.74. The highest BCUT2D eigenvalue weighted by Crippen LogP contribution is 2.17. The van der Waals surface area contributed by atoms with Crippen LogP contribution in [-0.2, 0) is 0 Å². The Balaban J connectivity index is 2.77. The Morgan fingerprint density at radius 1 is 1.44 bits per heavy atom. The molecule has 1 saturated heterocycles. The van der Waals surface area contributed by atoms with E-state index in [4.69, 9.17) is 18.0 Å². The van der Waals surface area contributed by atoms with Gasteiger partial charge in [0.15, 0.2) is 0 Å². The van der Waals surface area contributed by atoms with Gasteiger partial charge in [0.05, 0.1) is 11.0 Å². The summed E-state index contributed by atoms with van der Waals surface area (Å²) < 4.78 is 0. The van der Waals surface area contributed by atoms with Gasteiger partial charge < -0.3 is 10.6 Å². The van der Waals surface area contributed by atoms with E-state index in [0.717, 1.165) is 19.5 Å². The van der Waals surface area contributed by atoms with Gasteiger partial charge in [0.1, 0.15) is 0 Å². The van der Waals surface area contributed by atoms with E-state index < -0.39 is 0 Å². The van der Waals surface area contributed by atoms with Gasteiger partial charge >= 0.3 is 0 Å². The molecule has 0 amide bonds. The number of thiocarbonyl (C=S) groups is 1. The maximum Gasteiger partial charge on any atom is 0.0902 e. The second-order valence-corrected chi connectivity index (χ2v) is 5.21. The van der Waals surface area contributed by atoms with E-state index in [1.807, 2.05) is 0 Å². The van der Waals surface area contributed by atoms with Crippen molar-refractivity contribution in [2.24, 2.45) is 5.73 Å². The quantitative estimate of drug-likeness (QED) is 0.758. The molecule has 1 aliphatic rings. The highest BCUT2D eigenvalue weighted by Gasteiger charge is 2.28. The monoisotopic (exact) mass is 243 g/mol. The van der Waals surface area contributed by atoms with E-state index in [2.05, 4.69) is 30.7 Å². The highest BCUT2D eigenvalue weighted by molar-refractivity contribution is 7.80. The minimum absolute atomic E-state index is 0.284. The van der Waals surface area contributed by atoms with Gasteiger partial charge in [-0.15, -0.1) is 0 Å². The molecule has 1 aliphatic heterocycles. The van der Waals surface area contributed by atoms with Crippen molar-refractivity contribution in [2.45, 2.75) is 45.2 Å². The van der Waals surface area contributed by atoms with E-state index in [0.29, 0.717) is 11.0 Å². The molecule has 0 spiro atoms. The molecule has 0 bridgehead atoms. The fourth-order valence-corrected chi connectivity index (χ4v) is 2.94. The predicted octanol–water partition coefficient (Wildman–Crippen LogP) is 1.47. The summed E-state index contributed by atoms with van der Waals surface area (Å²) in [5.74, 6) is 0. The summed E-state index contributed by atoms with van der Waals surface area (Å²) in [5, 5.41) is 0. The maximum atomic E-state index is 5.86. The fourth-order valence-electron chi connectivity index (χ4n) is 2.63. The molecule has 1 rings (SSSR count). The Bertz CT molecular complexity index is 232. The summed E-state index contributed by atoms with van der Waals surface area (Å²) in [6, 6.07) is 0.880. The molecule has 2 N–H and O–H groups in total. The molecule has 94 valence electrons. The largest absolute Gasteiger partial charge is 0.392 e. The molecule has 2 atom stereocenters. The zero-order valence-corrected chi connectivity index (χ0v) is 11.6. The lowest BCUT2D eigenvalue weighted by molar-refractivity contribution is 0.158. The standard InChI is InChI=1S/C12H25N3S/c1-4-10-9-14(3)7-6-8-15(10)11(5-2)12(13)16/h10-11H,4-9H2,1-3H3,(H2,13,16). The second kappa shape index (κ2) is 6.52. The van der Waals surface area contributed by atoms with Crippen molar-refractivity contribution in [3.05, 3.63) is 0 Å². The first-order valence-electron chi connectivity index (χ1n) is 6.33. The smallest absolute Gasteiger partial charge is 0.0902 e. The zero-order valence-electron chi connectivity index (χ0n) is 10.8. The molecule has 0 aliphatic carbocycles. The van der Waals surface area contributed by atoms with E-state index >= 15 is 0 Å². The Kier molecular flexibility index (Phi) is 5.66. The van der Waals surface area contributed by atoms with Crippen LogP contribution in [-0.4, -0.2) is 53.6 Å². The third-order valence-corrected chi connectivity index (χ3v) is 3.81. The molecule has 4 heteroatoms. The third kappa shape index (κ3) is 3.40. The molecule has 1 fully saturated rings. The molecule has 0 aromatic rings. The fraction of sp³-hybridized carbons (Fsp3) is 0.917. The maximum absolute atomic E-state index is 5.86. The molecule has 0 saturated carbocycles. The van der Waals surface area contributed by atoms with Crippen molar-refractivity contribution in [1.29, 1.82) is 0 Å². The van der Waals surface area contributed by atoms with E-state index in [1.165, 1.54) is 19.4 Å². The van der Waals surface area contributed by atoms with E-state index in [9.17, 15) is 0 Å². The summed E-state index contributed by atoms with van der Waals surface area (Å²) in [6.07, 6.45) is 3.41. The number of hydrogen-bond donors (Lipinski definition) is 1. The van der Waals surface area contributed by atoms with Gasteiger partial charge in [-0.2, -0.15) is 0 Å². The Labute approximate surface area is 105 Å². The first-order chi connectivity index (χ1) is 7.60. The summed E-state index contributed by atoms with van der Waals surface area (Å²) in [4.78, 5) is 5.59. The van der Waals surface area contributed by atoms with Gasteiger partial charge in [-0.1, -0.05) is 26.1 Å². The number of rotatable bonds is 4. The lowest BCUT2D eigenvalue weighted by Gasteiger charge is -2.36. The van der Waals surface area contributed by atoms with Crippen LogP contribution in [0.25, 0.3) is 0 Å². The molecule has 0 aromatic carbocycles. The number of nitrogens with zero attached hydrogens (tertiary/aromatic N) is 2. The van der Waals surface area contributed by atoms with Crippen molar-refractivity contribution in [2.75, 3.05) is 26.7 Å². The summed E-state index contributed by atoms with van der Waals surface area (Å²) in [7, 11) is 2.20. The van der Waals surface area contributed by atoms with Gasteiger partial charge in [0.25, 0.3) is 0 Å². The average Bonchev–Trinajstić information content (AvgIpc) is 2.41. The van der Waals surface area contributed by atoms with Crippen LogP contribution in [0.1, 0.15) is 33.1 Å². The molecular weight excluding hydrogens is 218 g/mol. The van der Waals surface area contributed by atoms with E-state index in [1.54, 1.807) is 0 Å². The number of hydrogen-bond acceptors (Lipinski definition) is 3. The van der Waals surface area contributed by atoms with E-state index in [-0.39, 0.29) is 6.04 Å². The van der Waals surface area contributed by atoms with Crippen molar-refractivity contribution in [3.63, 3.8) is 0 Å². The van der Waals surface area contributed by atoms with Gasteiger partial charge in [0.2, 0.25) is 0 Å². The van der Waals surface area contributed by atoms with Gasteiger partial charge in [-0.05, 0) is 32.9 Å². The first kappa shape index (κ1) is 13.9. The topological polar surface area (TPSA) is 32.5 Å². The molecule has 2 unspecified atom stereocenters. The molecule has 0 aromatic heterocycles. The van der Waals surface area contributed by atoms with Crippen LogP contribution in [0.4, 0.5) is 0 Å². The third-order valence-electron chi connectivity index (χ3n) is 3.53. The van der Waals surface area contributed by atoms with Crippen LogP contribution in [0.5, 0.6) is 0 Å².